The van der Waals surface area contributed by atoms with Crippen LogP contribution in [0.4, 0.5) is 8.78 Å². The minimum Gasteiger partial charge on any atom is -0.354 e. The first-order chi connectivity index (χ1) is 10.2. The zero-order valence-electron chi connectivity index (χ0n) is 12.0. The molecule has 2 aromatic carbocycles. The molecule has 0 aliphatic carbocycles. The second-order valence-electron chi connectivity index (χ2n) is 5.19. The molecule has 1 aliphatic heterocycles. The molecule has 0 spiro atoms. The van der Waals surface area contributed by atoms with Crippen molar-refractivity contribution in [2.75, 3.05) is 6.67 Å². The van der Waals surface area contributed by atoms with Crippen molar-refractivity contribution in [2.24, 2.45) is 0 Å². The van der Waals surface area contributed by atoms with E-state index in [4.69, 9.17) is 0 Å². The number of halogens is 3. The molecule has 0 fully saturated rings. The summed E-state index contributed by atoms with van der Waals surface area (Å²) in [6, 6.07) is 13.1. The summed E-state index contributed by atoms with van der Waals surface area (Å²) in [5, 5.41) is 0. The van der Waals surface area contributed by atoms with Gasteiger partial charge in [-0.1, -0.05) is 24.3 Å². The Morgan fingerprint density at radius 1 is 0.682 bits per heavy atom. The van der Waals surface area contributed by atoms with Gasteiger partial charge in [0.2, 0.25) is 0 Å². The fraction of sp³-hybridized carbons (Fsp3) is 0.176. The van der Waals surface area contributed by atoms with Gasteiger partial charge in [-0.25, -0.2) is 8.78 Å². The van der Waals surface area contributed by atoms with Crippen LogP contribution in [0.2, 0.25) is 0 Å². The highest BCUT2D eigenvalue weighted by molar-refractivity contribution is 8.93. The van der Waals surface area contributed by atoms with Crippen LogP contribution in [0.25, 0.3) is 0 Å². The lowest BCUT2D eigenvalue weighted by Crippen LogP contribution is -2.24. The Balaban J connectivity index is 0.00000176. The maximum Gasteiger partial charge on any atom is 0.123 e. The molecule has 22 heavy (non-hydrogen) atoms. The molecule has 1 aliphatic rings. The van der Waals surface area contributed by atoms with E-state index in [1.165, 1.54) is 24.3 Å². The van der Waals surface area contributed by atoms with Crippen LogP contribution in [0.3, 0.4) is 0 Å². The van der Waals surface area contributed by atoms with E-state index in [1.54, 1.807) is 24.3 Å². The first kappa shape index (κ1) is 16.5. The Bertz CT molecular complexity index is 571. The van der Waals surface area contributed by atoms with Crippen LogP contribution in [0.5, 0.6) is 0 Å². The van der Waals surface area contributed by atoms with E-state index in [2.05, 4.69) is 9.80 Å². The van der Waals surface area contributed by atoms with Gasteiger partial charge in [-0.15, -0.1) is 17.0 Å². The fourth-order valence-electron chi connectivity index (χ4n) is 2.37. The molecule has 2 nitrogen and oxygen atoms in total. The van der Waals surface area contributed by atoms with Crippen molar-refractivity contribution in [1.29, 1.82) is 0 Å². The van der Waals surface area contributed by atoms with E-state index in [1.807, 2.05) is 12.4 Å². The minimum absolute atomic E-state index is 0. The summed E-state index contributed by atoms with van der Waals surface area (Å²) >= 11 is 0. The van der Waals surface area contributed by atoms with Crippen molar-refractivity contribution in [3.05, 3.63) is 83.7 Å². The number of rotatable bonds is 4. The predicted molar refractivity (Wildman–Crippen MR) is 88.2 cm³/mol. The molecule has 0 saturated heterocycles. The SMILES string of the molecule is Br.Fc1ccc(CN2C=CN(Cc3ccc(F)cc3)C2)cc1. The molecular formula is C17H17BrF2N2. The Labute approximate surface area is 139 Å². The highest BCUT2D eigenvalue weighted by Gasteiger charge is 2.12. The number of nitrogens with zero attached hydrogens (tertiary/aromatic N) is 2. The van der Waals surface area contributed by atoms with Gasteiger partial charge in [-0.2, -0.15) is 0 Å². The number of hydrogen-bond donors (Lipinski definition) is 0. The highest BCUT2D eigenvalue weighted by Crippen LogP contribution is 2.15. The lowest BCUT2D eigenvalue weighted by molar-refractivity contribution is 0.254. The van der Waals surface area contributed by atoms with Gasteiger partial charge in [0.25, 0.3) is 0 Å². The smallest absolute Gasteiger partial charge is 0.123 e. The molecule has 0 bridgehead atoms. The maximum absolute atomic E-state index is 12.9. The van der Waals surface area contributed by atoms with Gasteiger partial charge in [0.1, 0.15) is 11.6 Å². The highest BCUT2D eigenvalue weighted by atomic mass is 79.9. The summed E-state index contributed by atoms with van der Waals surface area (Å²) in [7, 11) is 0. The van der Waals surface area contributed by atoms with Crippen LogP contribution in [-0.4, -0.2) is 16.5 Å². The molecule has 5 heteroatoms. The fourth-order valence-corrected chi connectivity index (χ4v) is 2.37. The van der Waals surface area contributed by atoms with Crippen LogP contribution in [0, 0.1) is 11.6 Å². The van der Waals surface area contributed by atoms with Crippen LogP contribution >= 0.6 is 17.0 Å². The summed E-state index contributed by atoms with van der Waals surface area (Å²) in [6.07, 6.45) is 4.04. The molecule has 0 atom stereocenters. The average molecular weight is 367 g/mol. The molecule has 3 rings (SSSR count). The van der Waals surface area contributed by atoms with Gasteiger partial charge in [0.05, 0.1) is 6.67 Å². The summed E-state index contributed by atoms with van der Waals surface area (Å²) < 4.78 is 25.7. The predicted octanol–water partition coefficient (Wildman–Crippen LogP) is 4.29. The molecule has 0 unspecified atom stereocenters. The van der Waals surface area contributed by atoms with Crippen molar-refractivity contribution in [3.8, 4) is 0 Å². The topological polar surface area (TPSA) is 6.48 Å². The third kappa shape index (κ3) is 4.31. The monoisotopic (exact) mass is 366 g/mol. The zero-order chi connectivity index (χ0) is 14.7. The maximum atomic E-state index is 12.9. The van der Waals surface area contributed by atoms with Crippen molar-refractivity contribution in [1.82, 2.24) is 9.80 Å². The first-order valence-corrected chi connectivity index (χ1v) is 6.84. The Morgan fingerprint density at radius 3 is 1.41 bits per heavy atom. The molecule has 1 heterocycles. The van der Waals surface area contributed by atoms with E-state index in [0.717, 1.165) is 30.9 Å². The van der Waals surface area contributed by atoms with Crippen LogP contribution in [0.1, 0.15) is 11.1 Å². The second-order valence-corrected chi connectivity index (χ2v) is 5.19. The third-order valence-corrected chi connectivity index (χ3v) is 3.45. The molecule has 0 radical (unpaired) electrons. The summed E-state index contributed by atoms with van der Waals surface area (Å²) in [5.74, 6) is -0.428. The average Bonchev–Trinajstić information content (AvgIpc) is 2.91. The molecule has 0 amide bonds. The summed E-state index contributed by atoms with van der Waals surface area (Å²) in [4.78, 5) is 4.30. The van der Waals surface area contributed by atoms with Gasteiger partial charge in [-0.3, -0.25) is 0 Å². The second kappa shape index (κ2) is 7.40. The Hall–Kier alpha value is -1.88. The van der Waals surface area contributed by atoms with Gasteiger partial charge in [-0.05, 0) is 35.4 Å². The van der Waals surface area contributed by atoms with Gasteiger partial charge in [0, 0.05) is 25.5 Å². The zero-order valence-corrected chi connectivity index (χ0v) is 13.7. The van der Waals surface area contributed by atoms with Gasteiger partial charge in [0.15, 0.2) is 0 Å². The molecule has 0 saturated carbocycles. The number of hydrogen-bond acceptors (Lipinski definition) is 2. The largest absolute Gasteiger partial charge is 0.354 e. The van der Waals surface area contributed by atoms with Crippen LogP contribution in [0.15, 0.2) is 60.9 Å². The molecule has 2 aromatic rings. The normalized spacial score (nSPS) is 13.4. The van der Waals surface area contributed by atoms with Gasteiger partial charge < -0.3 is 9.80 Å². The minimum atomic E-state index is -0.214. The van der Waals surface area contributed by atoms with Crippen molar-refractivity contribution in [3.63, 3.8) is 0 Å². The standard InChI is InChI=1S/C17H16F2N2.BrH/c18-16-5-1-14(2-6-16)11-20-9-10-21(13-20)12-15-3-7-17(19)8-4-15;/h1-10H,11-13H2;1H. The van der Waals surface area contributed by atoms with Crippen LogP contribution in [-0.2, 0) is 13.1 Å². The lowest BCUT2D eigenvalue weighted by atomic mass is 10.2. The van der Waals surface area contributed by atoms with E-state index in [9.17, 15) is 8.78 Å². The quantitative estimate of drug-likeness (QED) is 0.796. The Morgan fingerprint density at radius 2 is 1.05 bits per heavy atom. The molecule has 0 N–H and O–H groups in total. The van der Waals surface area contributed by atoms with E-state index in [-0.39, 0.29) is 28.6 Å². The molecular weight excluding hydrogens is 350 g/mol. The van der Waals surface area contributed by atoms with E-state index >= 15 is 0 Å². The van der Waals surface area contributed by atoms with E-state index in [0.29, 0.717) is 0 Å². The van der Waals surface area contributed by atoms with E-state index < -0.39 is 0 Å². The van der Waals surface area contributed by atoms with Crippen molar-refractivity contribution in [2.45, 2.75) is 13.1 Å². The van der Waals surface area contributed by atoms with Crippen molar-refractivity contribution >= 4 is 17.0 Å². The lowest BCUT2D eigenvalue weighted by Gasteiger charge is -2.21. The summed E-state index contributed by atoms with van der Waals surface area (Å²) in [5.41, 5.74) is 2.15. The van der Waals surface area contributed by atoms with Crippen LogP contribution < -0.4 is 0 Å². The van der Waals surface area contributed by atoms with Gasteiger partial charge >= 0.3 is 0 Å². The number of benzene rings is 2. The third-order valence-electron chi connectivity index (χ3n) is 3.45. The molecule has 0 aromatic heterocycles. The summed E-state index contributed by atoms with van der Waals surface area (Å²) in [6.45, 7) is 2.27. The van der Waals surface area contributed by atoms with Crippen molar-refractivity contribution < 1.29 is 8.78 Å². The molecule has 116 valence electrons. The first-order valence-electron chi connectivity index (χ1n) is 6.84. The Kier molecular flexibility index (Phi) is 5.55.